The van der Waals surface area contributed by atoms with Gasteiger partial charge in [-0.05, 0) is 19.9 Å². The normalized spacial score (nSPS) is 33.5. The summed E-state index contributed by atoms with van der Waals surface area (Å²) in [6, 6.07) is 0. The van der Waals surface area contributed by atoms with Crippen molar-refractivity contribution in [3.8, 4) is 0 Å². The Morgan fingerprint density at radius 3 is 2.38 bits per heavy atom. The number of nitrogens with one attached hydrogen (secondary N) is 1. The third-order valence-corrected chi connectivity index (χ3v) is 4.34. The first-order valence-electron chi connectivity index (χ1n) is 4.09. The molecular weight excluding hydrogens is 200 g/mol. The first-order chi connectivity index (χ1) is 5.92. The van der Waals surface area contributed by atoms with Crippen LogP contribution in [0.1, 0.15) is 12.8 Å². The van der Waals surface area contributed by atoms with Gasteiger partial charge in [0.1, 0.15) is 0 Å². The lowest BCUT2D eigenvalue weighted by atomic mass is 9.96. The number of hydrogen-bond donors (Lipinski definition) is 1. The summed E-state index contributed by atoms with van der Waals surface area (Å²) in [5, 5.41) is 2.44. The van der Waals surface area contributed by atoms with Crippen molar-refractivity contribution >= 4 is 9.84 Å². The molecule has 78 valence electrons. The standard InChI is InChI=1S/C7H13F2NO2S/c1-10-7(6(8)9)3-2-4-13(11,12)5-7/h6,10H,2-5H2,1H3. The molecule has 6 heteroatoms. The van der Waals surface area contributed by atoms with Gasteiger partial charge in [0.2, 0.25) is 0 Å². The highest BCUT2D eigenvalue weighted by atomic mass is 32.2. The van der Waals surface area contributed by atoms with Gasteiger partial charge in [-0.25, -0.2) is 17.2 Å². The zero-order valence-electron chi connectivity index (χ0n) is 7.39. The Labute approximate surface area is 76.4 Å². The van der Waals surface area contributed by atoms with Crippen molar-refractivity contribution in [1.29, 1.82) is 0 Å². The van der Waals surface area contributed by atoms with Gasteiger partial charge in [0.05, 0.1) is 17.0 Å². The summed E-state index contributed by atoms with van der Waals surface area (Å²) in [7, 11) is -1.91. The van der Waals surface area contributed by atoms with Crippen LogP contribution in [0, 0.1) is 0 Å². The lowest BCUT2D eigenvalue weighted by Gasteiger charge is -2.35. The van der Waals surface area contributed by atoms with Crippen LogP contribution in [0.15, 0.2) is 0 Å². The molecule has 1 N–H and O–H groups in total. The van der Waals surface area contributed by atoms with Crippen molar-refractivity contribution in [2.24, 2.45) is 0 Å². The van der Waals surface area contributed by atoms with Gasteiger partial charge in [-0.2, -0.15) is 0 Å². The van der Waals surface area contributed by atoms with Crippen molar-refractivity contribution in [2.45, 2.75) is 24.8 Å². The van der Waals surface area contributed by atoms with Gasteiger partial charge in [0.15, 0.2) is 9.84 Å². The Balaban J connectivity index is 2.89. The minimum absolute atomic E-state index is 0.0309. The summed E-state index contributed by atoms with van der Waals surface area (Å²) in [6.45, 7) is 0. The van der Waals surface area contributed by atoms with Crippen LogP contribution in [-0.4, -0.2) is 38.9 Å². The summed E-state index contributed by atoms with van der Waals surface area (Å²) >= 11 is 0. The maximum Gasteiger partial charge on any atom is 0.257 e. The fourth-order valence-corrected chi connectivity index (χ4v) is 3.55. The van der Waals surface area contributed by atoms with Crippen LogP contribution in [0.2, 0.25) is 0 Å². The number of alkyl halides is 2. The van der Waals surface area contributed by atoms with E-state index < -0.39 is 27.6 Å². The maximum absolute atomic E-state index is 12.6. The summed E-state index contributed by atoms with van der Waals surface area (Å²) in [5.41, 5.74) is -1.52. The second kappa shape index (κ2) is 3.49. The zero-order valence-corrected chi connectivity index (χ0v) is 8.20. The van der Waals surface area contributed by atoms with E-state index in [0.29, 0.717) is 6.42 Å². The molecule has 0 aromatic carbocycles. The Hall–Kier alpha value is -0.230. The van der Waals surface area contributed by atoms with Gasteiger partial charge < -0.3 is 5.32 Å². The average Bonchev–Trinajstić information content (AvgIpc) is 2.02. The fourth-order valence-electron chi connectivity index (χ4n) is 1.62. The van der Waals surface area contributed by atoms with E-state index in [9.17, 15) is 17.2 Å². The minimum atomic E-state index is -3.29. The van der Waals surface area contributed by atoms with Gasteiger partial charge in [-0.1, -0.05) is 0 Å². The molecule has 0 aromatic heterocycles. The molecule has 0 bridgehead atoms. The second-order valence-electron chi connectivity index (χ2n) is 3.40. The highest BCUT2D eigenvalue weighted by Crippen LogP contribution is 2.28. The largest absolute Gasteiger partial charge is 0.309 e. The molecule has 1 aliphatic heterocycles. The van der Waals surface area contributed by atoms with Crippen molar-refractivity contribution in [2.75, 3.05) is 18.6 Å². The number of rotatable bonds is 2. The molecule has 1 rings (SSSR count). The predicted octanol–water partition coefficient (Wildman–Crippen LogP) is 0.418. The molecule has 1 fully saturated rings. The minimum Gasteiger partial charge on any atom is -0.309 e. The number of sulfone groups is 1. The molecule has 13 heavy (non-hydrogen) atoms. The van der Waals surface area contributed by atoms with Crippen LogP contribution >= 0.6 is 0 Å². The van der Waals surface area contributed by atoms with Crippen molar-refractivity contribution < 1.29 is 17.2 Å². The monoisotopic (exact) mass is 213 g/mol. The molecule has 1 atom stereocenters. The molecule has 0 aliphatic carbocycles. The molecule has 1 saturated heterocycles. The van der Waals surface area contributed by atoms with E-state index in [2.05, 4.69) is 5.32 Å². The molecule has 0 amide bonds. The Morgan fingerprint density at radius 1 is 1.46 bits per heavy atom. The quantitative estimate of drug-likeness (QED) is 0.723. The second-order valence-corrected chi connectivity index (χ2v) is 5.59. The molecule has 3 nitrogen and oxygen atoms in total. The predicted molar refractivity (Wildman–Crippen MR) is 45.7 cm³/mol. The Kier molecular flexibility index (Phi) is 2.91. The van der Waals surface area contributed by atoms with Gasteiger partial charge in [-0.3, -0.25) is 0 Å². The Morgan fingerprint density at radius 2 is 2.08 bits per heavy atom. The van der Waals surface area contributed by atoms with E-state index in [-0.39, 0.29) is 12.2 Å². The molecule has 0 aromatic rings. The van der Waals surface area contributed by atoms with Crippen LogP contribution in [-0.2, 0) is 9.84 Å². The van der Waals surface area contributed by atoms with Crippen LogP contribution in [0.4, 0.5) is 8.78 Å². The van der Waals surface area contributed by atoms with Gasteiger partial charge in [0, 0.05) is 0 Å². The van der Waals surface area contributed by atoms with E-state index in [1.54, 1.807) is 0 Å². The van der Waals surface area contributed by atoms with Gasteiger partial charge in [0.25, 0.3) is 6.43 Å². The first-order valence-corrected chi connectivity index (χ1v) is 5.91. The first kappa shape index (κ1) is 10.8. The lowest BCUT2D eigenvalue weighted by Crippen LogP contribution is -2.57. The smallest absolute Gasteiger partial charge is 0.257 e. The van der Waals surface area contributed by atoms with Crippen LogP contribution in [0.25, 0.3) is 0 Å². The van der Waals surface area contributed by atoms with Gasteiger partial charge in [-0.15, -0.1) is 0 Å². The lowest BCUT2D eigenvalue weighted by molar-refractivity contribution is 0.0393. The molecule has 1 unspecified atom stereocenters. The van der Waals surface area contributed by atoms with E-state index in [1.807, 2.05) is 0 Å². The molecule has 0 radical (unpaired) electrons. The van der Waals surface area contributed by atoms with E-state index in [1.165, 1.54) is 7.05 Å². The van der Waals surface area contributed by atoms with Gasteiger partial charge >= 0.3 is 0 Å². The van der Waals surface area contributed by atoms with Crippen LogP contribution in [0.3, 0.4) is 0 Å². The summed E-state index contributed by atoms with van der Waals surface area (Å²) in [4.78, 5) is 0. The van der Waals surface area contributed by atoms with Crippen molar-refractivity contribution in [1.82, 2.24) is 5.32 Å². The van der Waals surface area contributed by atoms with E-state index in [4.69, 9.17) is 0 Å². The summed E-state index contributed by atoms with van der Waals surface area (Å²) in [5.74, 6) is -0.419. The number of halogens is 2. The van der Waals surface area contributed by atoms with Crippen LogP contribution in [0.5, 0.6) is 0 Å². The highest BCUT2D eigenvalue weighted by molar-refractivity contribution is 7.91. The summed E-state index contributed by atoms with van der Waals surface area (Å²) < 4.78 is 47.5. The SMILES string of the molecule is CNC1(C(F)F)CCCS(=O)(=O)C1. The molecule has 0 spiro atoms. The number of hydrogen-bond acceptors (Lipinski definition) is 3. The van der Waals surface area contributed by atoms with Crippen molar-refractivity contribution in [3.05, 3.63) is 0 Å². The van der Waals surface area contributed by atoms with Crippen LogP contribution < -0.4 is 5.32 Å². The van der Waals surface area contributed by atoms with E-state index in [0.717, 1.165) is 0 Å². The third kappa shape index (κ3) is 2.17. The molecule has 1 aliphatic rings. The molecule has 1 heterocycles. The van der Waals surface area contributed by atoms with Crippen molar-refractivity contribution in [3.63, 3.8) is 0 Å². The maximum atomic E-state index is 12.6. The molecule has 0 saturated carbocycles. The third-order valence-electron chi connectivity index (χ3n) is 2.47. The Bertz CT molecular complexity index is 278. The zero-order chi connectivity index (χ0) is 10.1. The average molecular weight is 213 g/mol. The molecular formula is C7H13F2NO2S. The fraction of sp³-hybridized carbons (Fsp3) is 1.00. The van der Waals surface area contributed by atoms with E-state index >= 15 is 0 Å². The summed E-state index contributed by atoms with van der Waals surface area (Å²) in [6.07, 6.45) is -2.10. The topological polar surface area (TPSA) is 46.2 Å². The highest BCUT2D eigenvalue weighted by Gasteiger charge is 2.44.